The molecule has 96 valence electrons. The number of amides is 1. The van der Waals surface area contributed by atoms with E-state index in [2.05, 4.69) is 15.3 Å². The number of nitrogens with zero attached hydrogens (tertiary/aromatic N) is 3. The van der Waals surface area contributed by atoms with Crippen molar-refractivity contribution in [3.05, 3.63) is 18.6 Å². The highest BCUT2D eigenvalue weighted by Gasteiger charge is 2.39. The van der Waals surface area contributed by atoms with Gasteiger partial charge in [0, 0.05) is 31.4 Å². The molecule has 2 atom stereocenters. The smallest absolute Gasteiger partial charge is 0.408 e. The molecule has 2 heterocycles. The third-order valence-electron chi connectivity index (χ3n) is 2.75. The van der Waals surface area contributed by atoms with Gasteiger partial charge in [-0.05, 0) is 0 Å². The van der Waals surface area contributed by atoms with Gasteiger partial charge in [-0.15, -0.1) is 0 Å². The monoisotopic (exact) mass is 252 g/mol. The highest BCUT2D eigenvalue weighted by atomic mass is 16.4. The molecule has 1 fully saturated rings. The normalized spacial score (nSPS) is 22.8. The molecule has 3 N–H and O–H groups in total. The van der Waals surface area contributed by atoms with Gasteiger partial charge in [-0.3, -0.25) is 9.88 Å². The first-order valence-electron chi connectivity index (χ1n) is 5.33. The van der Waals surface area contributed by atoms with E-state index in [0.717, 1.165) is 4.90 Å². The lowest BCUT2D eigenvalue weighted by Gasteiger charge is -2.16. The van der Waals surface area contributed by atoms with Crippen molar-refractivity contribution in [3.8, 4) is 0 Å². The van der Waals surface area contributed by atoms with Crippen molar-refractivity contribution in [1.29, 1.82) is 0 Å². The number of rotatable bonds is 3. The summed E-state index contributed by atoms with van der Waals surface area (Å²) in [4.78, 5) is 30.6. The summed E-state index contributed by atoms with van der Waals surface area (Å²) >= 11 is 0. The van der Waals surface area contributed by atoms with Crippen molar-refractivity contribution < 1.29 is 19.8 Å². The largest absolute Gasteiger partial charge is 0.480 e. The summed E-state index contributed by atoms with van der Waals surface area (Å²) in [6, 6.07) is -1.30. The first-order chi connectivity index (χ1) is 8.58. The second-order valence-electron chi connectivity index (χ2n) is 3.96. The lowest BCUT2D eigenvalue weighted by molar-refractivity contribution is -0.141. The number of carboxylic acid groups (broad SMARTS) is 2. The lowest BCUT2D eigenvalue weighted by Crippen LogP contribution is -2.39. The standard InChI is InChI=1S/C10H12N4O4/c15-9(16)7-3-6(5-14(7)10(17)18)13-8-4-11-1-2-12-8/h1-2,4,6-7H,3,5H2,(H,12,13)(H,15,16)(H,17,18)/t6-,7-/m0/s1. The third-order valence-corrected chi connectivity index (χ3v) is 2.75. The minimum Gasteiger partial charge on any atom is -0.480 e. The molecule has 0 bridgehead atoms. The van der Waals surface area contributed by atoms with Crippen molar-refractivity contribution in [3.63, 3.8) is 0 Å². The molecule has 0 aliphatic carbocycles. The van der Waals surface area contributed by atoms with Gasteiger partial charge in [0.25, 0.3) is 0 Å². The van der Waals surface area contributed by atoms with Gasteiger partial charge >= 0.3 is 12.1 Å². The van der Waals surface area contributed by atoms with Gasteiger partial charge in [0.15, 0.2) is 0 Å². The fraction of sp³-hybridized carbons (Fsp3) is 0.400. The molecule has 0 unspecified atom stereocenters. The Kier molecular flexibility index (Phi) is 3.26. The Balaban J connectivity index is 2.05. The molecule has 8 heteroatoms. The Morgan fingerprint density at radius 2 is 2.17 bits per heavy atom. The van der Waals surface area contributed by atoms with Crippen molar-refractivity contribution in [2.75, 3.05) is 11.9 Å². The topological polar surface area (TPSA) is 116 Å². The van der Waals surface area contributed by atoms with E-state index in [1.165, 1.54) is 18.6 Å². The average molecular weight is 252 g/mol. The molecule has 18 heavy (non-hydrogen) atoms. The predicted octanol–water partition coefficient (Wildman–Crippen LogP) is 0.0940. The summed E-state index contributed by atoms with van der Waals surface area (Å²) in [6.07, 6.45) is 3.49. The van der Waals surface area contributed by atoms with Gasteiger partial charge in [0.2, 0.25) is 0 Å². The molecule has 1 aromatic rings. The Hall–Kier alpha value is -2.38. The van der Waals surface area contributed by atoms with E-state index >= 15 is 0 Å². The quantitative estimate of drug-likeness (QED) is 0.698. The van der Waals surface area contributed by atoms with Crippen LogP contribution in [0.2, 0.25) is 0 Å². The molecule has 1 saturated heterocycles. The summed E-state index contributed by atoms with van der Waals surface area (Å²) in [7, 11) is 0. The number of anilines is 1. The molecule has 0 saturated carbocycles. The summed E-state index contributed by atoms with van der Waals surface area (Å²) < 4.78 is 0. The zero-order valence-electron chi connectivity index (χ0n) is 9.35. The highest BCUT2D eigenvalue weighted by Crippen LogP contribution is 2.20. The molecular weight excluding hydrogens is 240 g/mol. The third kappa shape index (κ3) is 2.47. The fourth-order valence-electron chi connectivity index (χ4n) is 1.97. The molecule has 1 amide bonds. The summed E-state index contributed by atoms with van der Waals surface area (Å²) in [6.45, 7) is 0.114. The first-order valence-corrected chi connectivity index (χ1v) is 5.33. The maximum atomic E-state index is 11.0. The second-order valence-corrected chi connectivity index (χ2v) is 3.96. The Morgan fingerprint density at radius 1 is 1.39 bits per heavy atom. The fourth-order valence-corrected chi connectivity index (χ4v) is 1.97. The van der Waals surface area contributed by atoms with Crippen LogP contribution < -0.4 is 5.32 Å². The molecule has 2 rings (SSSR count). The lowest BCUT2D eigenvalue weighted by atomic mass is 10.2. The Bertz CT molecular complexity index is 430. The van der Waals surface area contributed by atoms with Crippen LogP contribution in [0.25, 0.3) is 0 Å². The van der Waals surface area contributed by atoms with E-state index in [0.29, 0.717) is 5.82 Å². The molecule has 1 aromatic heterocycles. The number of aromatic nitrogens is 2. The molecular formula is C10H12N4O4. The van der Waals surface area contributed by atoms with E-state index in [4.69, 9.17) is 10.2 Å². The maximum Gasteiger partial charge on any atom is 0.408 e. The van der Waals surface area contributed by atoms with E-state index in [1.54, 1.807) is 0 Å². The van der Waals surface area contributed by atoms with Gasteiger partial charge in [0.1, 0.15) is 11.9 Å². The van der Waals surface area contributed by atoms with Crippen LogP contribution in [0.3, 0.4) is 0 Å². The van der Waals surface area contributed by atoms with E-state index < -0.39 is 18.1 Å². The van der Waals surface area contributed by atoms with E-state index in [-0.39, 0.29) is 19.0 Å². The molecule has 0 spiro atoms. The van der Waals surface area contributed by atoms with Crippen LogP contribution in [-0.4, -0.2) is 55.8 Å². The summed E-state index contributed by atoms with van der Waals surface area (Å²) in [5.74, 6) is -0.639. The summed E-state index contributed by atoms with van der Waals surface area (Å²) in [5, 5.41) is 20.8. The van der Waals surface area contributed by atoms with Gasteiger partial charge in [-0.1, -0.05) is 0 Å². The zero-order valence-corrected chi connectivity index (χ0v) is 9.35. The van der Waals surface area contributed by atoms with Crippen molar-refractivity contribution in [1.82, 2.24) is 14.9 Å². The molecule has 0 aromatic carbocycles. The number of carbonyl (C=O) groups is 2. The predicted molar refractivity (Wildman–Crippen MR) is 60.2 cm³/mol. The van der Waals surface area contributed by atoms with Crippen molar-refractivity contribution >= 4 is 17.9 Å². The minimum atomic E-state index is -1.23. The van der Waals surface area contributed by atoms with Gasteiger partial charge in [-0.25, -0.2) is 14.6 Å². The maximum absolute atomic E-state index is 11.0. The number of likely N-dealkylation sites (tertiary alicyclic amines) is 1. The number of carboxylic acids is 1. The number of nitrogens with one attached hydrogen (secondary N) is 1. The van der Waals surface area contributed by atoms with Crippen LogP contribution in [0.1, 0.15) is 6.42 Å². The van der Waals surface area contributed by atoms with Crippen LogP contribution in [0.4, 0.5) is 10.6 Å². The van der Waals surface area contributed by atoms with E-state index in [1.807, 2.05) is 0 Å². The van der Waals surface area contributed by atoms with Gasteiger partial charge in [-0.2, -0.15) is 0 Å². The number of hydrogen-bond donors (Lipinski definition) is 3. The molecule has 0 radical (unpaired) electrons. The van der Waals surface area contributed by atoms with Gasteiger partial charge in [0.05, 0.1) is 6.20 Å². The van der Waals surface area contributed by atoms with Crippen LogP contribution in [0.5, 0.6) is 0 Å². The molecule has 8 nitrogen and oxygen atoms in total. The van der Waals surface area contributed by atoms with Crippen molar-refractivity contribution in [2.45, 2.75) is 18.5 Å². The van der Waals surface area contributed by atoms with Crippen LogP contribution in [0, 0.1) is 0 Å². The Labute approximate surface area is 102 Å². The van der Waals surface area contributed by atoms with E-state index in [9.17, 15) is 9.59 Å². The summed E-state index contributed by atoms with van der Waals surface area (Å²) in [5.41, 5.74) is 0. The van der Waals surface area contributed by atoms with Crippen molar-refractivity contribution in [2.24, 2.45) is 0 Å². The SMILES string of the molecule is O=C(O)[C@@H]1C[C@H](Nc2cnccn2)CN1C(=O)O. The van der Waals surface area contributed by atoms with Crippen LogP contribution in [0.15, 0.2) is 18.6 Å². The first kappa shape index (κ1) is 12.1. The van der Waals surface area contributed by atoms with Crippen LogP contribution in [-0.2, 0) is 4.79 Å². The minimum absolute atomic E-state index is 0.114. The van der Waals surface area contributed by atoms with Crippen LogP contribution >= 0.6 is 0 Å². The Morgan fingerprint density at radius 3 is 2.67 bits per heavy atom. The second kappa shape index (κ2) is 4.86. The average Bonchev–Trinajstić information content (AvgIpc) is 2.74. The molecule has 1 aliphatic rings. The zero-order chi connectivity index (χ0) is 13.1. The van der Waals surface area contributed by atoms with Gasteiger partial charge < -0.3 is 15.5 Å². The highest BCUT2D eigenvalue weighted by molar-refractivity contribution is 5.80. The molecule has 1 aliphatic heterocycles. The number of hydrogen-bond acceptors (Lipinski definition) is 5. The number of aliphatic carboxylic acids is 1.